The van der Waals surface area contributed by atoms with E-state index in [2.05, 4.69) is 4.90 Å². The molecule has 0 atom stereocenters. The summed E-state index contributed by atoms with van der Waals surface area (Å²) in [6.07, 6.45) is 5.28. The van der Waals surface area contributed by atoms with Crippen LogP contribution in [0.5, 0.6) is 0 Å². The van der Waals surface area contributed by atoms with Gasteiger partial charge in [-0.1, -0.05) is 18.9 Å². The van der Waals surface area contributed by atoms with Crippen molar-refractivity contribution in [2.45, 2.75) is 32.6 Å². The van der Waals surface area contributed by atoms with Crippen molar-refractivity contribution in [2.24, 2.45) is 5.41 Å². The van der Waals surface area contributed by atoms with E-state index in [-0.39, 0.29) is 11.2 Å². The molecule has 0 radical (unpaired) electrons. The van der Waals surface area contributed by atoms with Gasteiger partial charge in [-0.25, -0.2) is 4.39 Å². The van der Waals surface area contributed by atoms with E-state index < -0.39 is 0 Å². The van der Waals surface area contributed by atoms with Gasteiger partial charge in [-0.05, 0) is 38.0 Å². The molecule has 0 unspecified atom stereocenters. The van der Waals surface area contributed by atoms with Gasteiger partial charge < -0.3 is 9.69 Å². The van der Waals surface area contributed by atoms with E-state index in [1.165, 1.54) is 12.1 Å². The Labute approximate surface area is 108 Å². The van der Waals surface area contributed by atoms with Crippen molar-refractivity contribution in [3.05, 3.63) is 30.1 Å². The van der Waals surface area contributed by atoms with Gasteiger partial charge in [0.25, 0.3) is 0 Å². The number of carbonyl (C=O) groups is 1. The summed E-state index contributed by atoms with van der Waals surface area (Å²) in [6, 6.07) is 6.61. The highest BCUT2D eigenvalue weighted by atomic mass is 19.1. The highest BCUT2D eigenvalue weighted by Crippen LogP contribution is 2.37. The molecule has 18 heavy (non-hydrogen) atoms. The summed E-state index contributed by atoms with van der Waals surface area (Å²) in [4.78, 5) is 13.5. The normalized spacial score (nSPS) is 17.7. The van der Waals surface area contributed by atoms with Crippen molar-refractivity contribution in [1.29, 1.82) is 0 Å². The Hall–Kier alpha value is -1.38. The number of aldehydes is 1. The van der Waals surface area contributed by atoms with Crippen molar-refractivity contribution < 1.29 is 9.18 Å². The topological polar surface area (TPSA) is 20.3 Å². The minimum absolute atomic E-state index is 0.220. The Kier molecular flexibility index (Phi) is 4.00. The third-order valence-electron chi connectivity index (χ3n) is 3.91. The van der Waals surface area contributed by atoms with Crippen molar-refractivity contribution in [1.82, 2.24) is 0 Å². The summed E-state index contributed by atoms with van der Waals surface area (Å²) in [7, 11) is 0. The average molecular weight is 249 g/mol. The van der Waals surface area contributed by atoms with Gasteiger partial charge in [0, 0.05) is 24.2 Å². The molecule has 98 valence electrons. The van der Waals surface area contributed by atoms with Crippen LogP contribution in [0.2, 0.25) is 0 Å². The molecule has 0 heterocycles. The highest BCUT2D eigenvalue weighted by Gasteiger charge is 2.35. The van der Waals surface area contributed by atoms with Crippen LogP contribution in [0.1, 0.15) is 32.6 Å². The molecule has 0 aliphatic heterocycles. The quantitative estimate of drug-likeness (QED) is 0.745. The zero-order chi connectivity index (χ0) is 13.0. The van der Waals surface area contributed by atoms with E-state index in [0.29, 0.717) is 6.54 Å². The van der Waals surface area contributed by atoms with Crippen LogP contribution in [0.15, 0.2) is 24.3 Å². The minimum atomic E-state index is -0.225. The van der Waals surface area contributed by atoms with Crippen molar-refractivity contribution in [2.75, 3.05) is 18.0 Å². The molecule has 1 aliphatic rings. The van der Waals surface area contributed by atoms with Gasteiger partial charge in [0.1, 0.15) is 12.1 Å². The van der Waals surface area contributed by atoms with Gasteiger partial charge in [-0.2, -0.15) is 0 Å². The van der Waals surface area contributed by atoms with Crippen molar-refractivity contribution in [3.8, 4) is 0 Å². The fourth-order valence-corrected chi connectivity index (χ4v) is 2.83. The number of hydrogen-bond donors (Lipinski definition) is 0. The minimum Gasteiger partial charge on any atom is -0.371 e. The molecule has 3 heteroatoms. The molecule has 1 fully saturated rings. The summed E-state index contributed by atoms with van der Waals surface area (Å²) >= 11 is 0. The smallest absolute Gasteiger partial charge is 0.127 e. The molecule has 2 nitrogen and oxygen atoms in total. The van der Waals surface area contributed by atoms with E-state index >= 15 is 0 Å². The summed E-state index contributed by atoms with van der Waals surface area (Å²) in [6.45, 7) is 3.54. The first-order valence-electron chi connectivity index (χ1n) is 6.66. The standard InChI is InChI=1S/C15H20FNO/c1-2-17(14-7-5-6-13(16)10-14)11-15(12-18)8-3-4-9-15/h5-7,10,12H,2-4,8-9,11H2,1H3. The Balaban J connectivity index is 2.16. The van der Waals surface area contributed by atoms with Crippen molar-refractivity contribution >= 4 is 12.0 Å². The zero-order valence-electron chi connectivity index (χ0n) is 10.9. The number of benzene rings is 1. The summed E-state index contributed by atoms with van der Waals surface area (Å²) < 4.78 is 13.3. The van der Waals surface area contributed by atoms with Crippen LogP contribution in [0.25, 0.3) is 0 Å². The van der Waals surface area contributed by atoms with Gasteiger partial charge in [0.2, 0.25) is 0 Å². The van der Waals surface area contributed by atoms with Crippen LogP contribution in [-0.2, 0) is 4.79 Å². The largest absolute Gasteiger partial charge is 0.371 e. The predicted octanol–water partition coefficient (Wildman–Crippen LogP) is 3.41. The number of nitrogens with zero attached hydrogens (tertiary/aromatic N) is 1. The van der Waals surface area contributed by atoms with Crippen LogP contribution in [0.4, 0.5) is 10.1 Å². The van der Waals surface area contributed by atoms with Crippen LogP contribution in [0, 0.1) is 11.2 Å². The van der Waals surface area contributed by atoms with Crippen LogP contribution in [-0.4, -0.2) is 19.4 Å². The maximum Gasteiger partial charge on any atom is 0.127 e. The van der Waals surface area contributed by atoms with Crippen LogP contribution in [0.3, 0.4) is 0 Å². The van der Waals surface area contributed by atoms with E-state index in [4.69, 9.17) is 0 Å². The van der Waals surface area contributed by atoms with Gasteiger partial charge in [0.05, 0.1) is 0 Å². The number of anilines is 1. The molecule has 0 N–H and O–H groups in total. The lowest BCUT2D eigenvalue weighted by Gasteiger charge is -2.32. The SMILES string of the molecule is CCN(CC1(C=O)CCCC1)c1cccc(F)c1. The fourth-order valence-electron chi connectivity index (χ4n) is 2.83. The van der Waals surface area contributed by atoms with Crippen LogP contribution >= 0.6 is 0 Å². The molecule has 0 amide bonds. The van der Waals surface area contributed by atoms with Gasteiger partial charge >= 0.3 is 0 Å². The molecular weight excluding hydrogens is 229 g/mol. The second-order valence-electron chi connectivity index (χ2n) is 5.18. The lowest BCUT2D eigenvalue weighted by molar-refractivity contribution is -0.115. The molecule has 1 aromatic carbocycles. The molecule has 1 aliphatic carbocycles. The molecule has 2 rings (SSSR count). The first-order chi connectivity index (χ1) is 8.69. The molecular formula is C15H20FNO. The summed E-state index contributed by atoms with van der Waals surface area (Å²) in [5, 5.41) is 0. The molecule has 0 saturated heterocycles. The number of hydrogen-bond acceptors (Lipinski definition) is 2. The Morgan fingerprint density at radius 2 is 2.11 bits per heavy atom. The average Bonchev–Trinajstić information content (AvgIpc) is 2.85. The zero-order valence-corrected chi connectivity index (χ0v) is 10.9. The van der Waals surface area contributed by atoms with Gasteiger partial charge in [-0.3, -0.25) is 0 Å². The molecule has 0 spiro atoms. The fraction of sp³-hybridized carbons (Fsp3) is 0.533. The highest BCUT2D eigenvalue weighted by molar-refractivity contribution is 5.62. The molecule has 1 saturated carbocycles. The number of carbonyl (C=O) groups excluding carboxylic acids is 1. The van der Waals surface area contributed by atoms with Gasteiger partial charge in [-0.15, -0.1) is 0 Å². The van der Waals surface area contributed by atoms with Gasteiger partial charge in [0.15, 0.2) is 0 Å². The maximum atomic E-state index is 13.3. The van der Waals surface area contributed by atoms with Crippen molar-refractivity contribution in [3.63, 3.8) is 0 Å². The van der Waals surface area contributed by atoms with E-state index in [9.17, 15) is 9.18 Å². The first kappa shape index (κ1) is 13.1. The Morgan fingerprint density at radius 3 is 2.67 bits per heavy atom. The van der Waals surface area contributed by atoms with E-state index in [1.54, 1.807) is 6.07 Å². The predicted molar refractivity (Wildman–Crippen MR) is 71.3 cm³/mol. The lowest BCUT2D eigenvalue weighted by Crippen LogP contribution is -2.37. The second-order valence-corrected chi connectivity index (χ2v) is 5.18. The third-order valence-corrected chi connectivity index (χ3v) is 3.91. The van der Waals surface area contributed by atoms with Crippen LogP contribution < -0.4 is 4.90 Å². The molecule has 1 aromatic rings. The lowest BCUT2D eigenvalue weighted by atomic mass is 9.87. The molecule has 0 bridgehead atoms. The maximum absolute atomic E-state index is 13.3. The summed E-state index contributed by atoms with van der Waals surface area (Å²) in [5.74, 6) is -0.225. The monoisotopic (exact) mass is 249 g/mol. The number of halogens is 1. The number of rotatable bonds is 5. The third kappa shape index (κ3) is 2.71. The van der Waals surface area contributed by atoms with E-state index in [0.717, 1.165) is 44.2 Å². The second kappa shape index (κ2) is 5.51. The Bertz CT molecular complexity index is 413. The molecule has 0 aromatic heterocycles. The van der Waals surface area contributed by atoms with E-state index in [1.807, 2.05) is 13.0 Å². The first-order valence-corrected chi connectivity index (χ1v) is 6.66. The Morgan fingerprint density at radius 1 is 1.39 bits per heavy atom. The summed E-state index contributed by atoms with van der Waals surface area (Å²) in [5.41, 5.74) is 0.646.